The van der Waals surface area contributed by atoms with Crippen molar-refractivity contribution in [3.05, 3.63) is 72.3 Å². The highest BCUT2D eigenvalue weighted by molar-refractivity contribution is 7.92. The summed E-state index contributed by atoms with van der Waals surface area (Å²) in [6.45, 7) is 3.17. The topological polar surface area (TPSA) is 63.7 Å². The summed E-state index contributed by atoms with van der Waals surface area (Å²) < 4.78 is 31.6. The van der Waals surface area contributed by atoms with Gasteiger partial charge in [-0.3, -0.25) is 4.79 Å². The van der Waals surface area contributed by atoms with Gasteiger partial charge in [0, 0.05) is 13.1 Å². The number of carbonyl (C=O) groups is 1. The molecule has 0 aromatic heterocycles. The van der Waals surface area contributed by atoms with Gasteiger partial charge in [0.15, 0.2) is 9.84 Å². The molecule has 0 atom stereocenters. The molecule has 5 nitrogen and oxygen atoms in total. The molecule has 4 rings (SSSR count). The van der Waals surface area contributed by atoms with Crippen LogP contribution < -0.4 is 4.74 Å². The molecule has 0 bridgehead atoms. The molecular weight excluding hydrogens is 398 g/mol. The van der Waals surface area contributed by atoms with Crippen LogP contribution in [0.15, 0.2) is 71.6 Å². The molecule has 30 heavy (non-hydrogen) atoms. The van der Waals surface area contributed by atoms with Crippen LogP contribution in [0.2, 0.25) is 0 Å². The summed E-state index contributed by atoms with van der Waals surface area (Å²) in [4.78, 5) is 15.5. The first kappa shape index (κ1) is 20.4. The predicted octanol–water partition coefficient (Wildman–Crippen LogP) is 4.32. The van der Waals surface area contributed by atoms with Gasteiger partial charge in [0.1, 0.15) is 5.75 Å². The molecule has 0 spiro atoms. The zero-order valence-electron chi connectivity index (χ0n) is 17.0. The van der Waals surface area contributed by atoms with Gasteiger partial charge in [0.05, 0.1) is 22.3 Å². The van der Waals surface area contributed by atoms with Gasteiger partial charge in [-0.05, 0) is 48.7 Å². The molecule has 0 radical (unpaired) electrons. The van der Waals surface area contributed by atoms with Crippen molar-refractivity contribution in [3.63, 3.8) is 0 Å². The van der Waals surface area contributed by atoms with E-state index >= 15 is 0 Å². The van der Waals surface area contributed by atoms with Crippen LogP contribution in [-0.2, 0) is 9.84 Å². The zero-order valence-corrected chi connectivity index (χ0v) is 17.8. The number of nitrogens with zero attached hydrogens (tertiary/aromatic N) is 1. The van der Waals surface area contributed by atoms with E-state index in [4.69, 9.17) is 4.74 Å². The molecule has 0 aliphatic carbocycles. The van der Waals surface area contributed by atoms with Gasteiger partial charge in [0.25, 0.3) is 5.91 Å². The Kier molecular flexibility index (Phi) is 5.77. The lowest BCUT2D eigenvalue weighted by Crippen LogP contribution is -2.42. The Balaban J connectivity index is 1.58. The third kappa shape index (κ3) is 3.79. The van der Waals surface area contributed by atoms with Crippen LogP contribution in [0.3, 0.4) is 0 Å². The van der Waals surface area contributed by atoms with E-state index in [9.17, 15) is 13.2 Å². The molecular formula is C24H25NO4S. The number of likely N-dealkylation sites (tertiary alicyclic amines) is 1. The highest BCUT2D eigenvalue weighted by atomic mass is 32.2. The SMILES string of the molecule is CCOc1ccc2ccccc2c1C(=O)N1CCC(S(=O)(=O)c2ccccc2)CC1. The second-order valence-electron chi connectivity index (χ2n) is 7.44. The second kappa shape index (κ2) is 8.48. The first-order valence-corrected chi connectivity index (χ1v) is 11.8. The Bertz CT molecular complexity index is 1150. The number of piperidine rings is 1. The zero-order chi connectivity index (χ0) is 21.1. The van der Waals surface area contributed by atoms with Crippen LogP contribution in [-0.4, -0.2) is 44.2 Å². The first-order chi connectivity index (χ1) is 14.5. The Morgan fingerprint density at radius 2 is 1.63 bits per heavy atom. The monoisotopic (exact) mass is 423 g/mol. The summed E-state index contributed by atoms with van der Waals surface area (Å²) in [6.07, 6.45) is 0.857. The van der Waals surface area contributed by atoms with E-state index < -0.39 is 15.1 Å². The molecule has 6 heteroatoms. The van der Waals surface area contributed by atoms with Crippen molar-refractivity contribution in [2.75, 3.05) is 19.7 Å². The Labute approximate surface area is 177 Å². The number of sulfone groups is 1. The number of ether oxygens (including phenoxy) is 1. The number of benzene rings is 3. The number of fused-ring (bicyclic) bond motifs is 1. The summed E-state index contributed by atoms with van der Waals surface area (Å²) in [5.41, 5.74) is 0.555. The van der Waals surface area contributed by atoms with Crippen molar-refractivity contribution >= 4 is 26.5 Å². The van der Waals surface area contributed by atoms with Crippen molar-refractivity contribution in [3.8, 4) is 5.75 Å². The van der Waals surface area contributed by atoms with Gasteiger partial charge >= 0.3 is 0 Å². The third-order valence-electron chi connectivity index (χ3n) is 5.64. The fourth-order valence-electron chi connectivity index (χ4n) is 4.08. The normalized spacial score (nSPS) is 15.3. The summed E-state index contributed by atoms with van der Waals surface area (Å²) in [6, 6.07) is 20.1. The van der Waals surface area contributed by atoms with Crippen LogP contribution in [0.25, 0.3) is 10.8 Å². The molecule has 3 aromatic rings. The van der Waals surface area contributed by atoms with Gasteiger partial charge in [-0.15, -0.1) is 0 Å². The maximum absolute atomic E-state index is 13.4. The van der Waals surface area contributed by atoms with Gasteiger partial charge in [-0.1, -0.05) is 48.5 Å². The second-order valence-corrected chi connectivity index (χ2v) is 9.67. The van der Waals surface area contributed by atoms with Crippen LogP contribution in [0.4, 0.5) is 0 Å². The molecule has 1 saturated heterocycles. The maximum atomic E-state index is 13.4. The lowest BCUT2D eigenvalue weighted by molar-refractivity contribution is 0.0723. The number of hydrogen-bond donors (Lipinski definition) is 0. The molecule has 0 N–H and O–H groups in total. The standard InChI is InChI=1S/C24H25NO4S/c1-2-29-22-13-12-18-8-6-7-11-21(18)23(22)24(26)25-16-14-20(15-17-25)30(27,28)19-9-4-3-5-10-19/h3-13,20H,2,14-17H2,1H3. The van der Waals surface area contributed by atoms with Crippen molar-refractivity contribution in [1.82, 2.24) is 4.90 Å². The Hall–Kier alpha value is -2.86. The Morgan fingerprint density at radius 3 is 2.33 bits per heavy atom. The minimum absolute atomic E-state index is 0.106. The van der Waals surface area contributed by atoms with E-state index in [1.807, 2.05) is 43.3 Å². The summed E-state index contributed by atoms with van der Waals surface area (Å²) >= 11 is 0. The molecule has 3 aromatic carbocycles. The molecule has 1 aliphatic heterocycles. The highest BCUT2D eigenvalue weighted by Crippen LogP contribution is 2.31. The van der Waals surface area contributed by atoms with E-state index in [1.54, 1.807) is 35.2 Å². The molecule has 0 unspecified atom stereocenters. The molecule has 1 fully saturated rings. The lowest BCUT2D eigenvalue weighted by atomic mass is 10.0. The highest BCUT2D eigenvalue weighted by Gasteiger charge is 2.33. The third-order valence-corrected chi connectivity index (χ3v) is 7.92. The van der Waals surface area contributed by atoms with Crippen molar-refractivity contribution in [2.45, 2.75) is 29.9 Å². The van der Waals surface area contributed by atoms with E-state index in [0.717, 1.165) is 10.8 Å². The maximum Gasteiger partial charge on any atom is 0.258 e. The van der Waals surface area contributed by atoms with Crippen LogP contribution in [0, 0.1) is 0 Å². The van der Waals surface area contributed by atoms with E-state index in [1.165, 1.54) is 0 Å². The average Bonchev–Trinajstić information content (AvgIpc) is 2.79. The fraction of sp³-hybridized carbons (Fsp3) is 0.292. The summed E-state index contributed by atoms with van der Waals surface area (Å²) in [7, 11) is -3.39. The predicted molar refractivity (Wildman–Crippen MR) is 118 cm³/mol. The first-order valence-electron chi connectivity index (χ1n) is 10.2. The Morgan fingerprint density at radius 1 is 0.967 bits per heavy atom. The molecule has 0 saturated carbocycles. The van der Waals surface area contributed by atoms with Gasteiger partial charge < -0.3 is 9.64 Å². The van der Waals surface area contributed by atoms with E-state index in [2.05, 4.69) is 0 Å². The number of hydrogen-bond acceptors (Lipinski definition) is 4. The van der Waals surface area contributed by atoms with E-state index in [-0.39, 0.29) is 5.91 Å². The van der Waals surface area contributed by atoms with Crippen LogP contribution in [0.5, 0.6) is 5.75 Å². The molecule has 156 valence electrons. The summed E-state index contributed by atoms with van der Waals surface area (Å²) in [5.74, 6) is 0.464. The van der Waals surface area contributed by atoms with Crippen molar-refractivity contribution < 1.29 is 17.9 Å². The smallest absolute Gasteiger partial charge is 0.258 e. The van der Waals surface area contributed by atoms with Crippen molar-refractivity contribution in [1.29, 1.82) is 0 Å². The van der Waals surface area contributed by atoms with Gasteiger partial charge in [-0.2, -0.15) is 0 Å². The number of carbonyl (C=O) groups excluding carboxylic acids is 1. The number of amides is 1. The molecule has 1 amide bonds. The quantitative estimate of drug-likeness (QED) is 0.613. The molecule has 1 heterocycles. The minimum Gasteiger partial charge on any atom is -0.493 e. The fourth-order valence-corrected chi connectivity index (χ4v) is 5.83. The van der Waals surface area contributed by atoms with Gasteiger partial charge in [0.2, 0.25) is 0 Å². The average molecular weight is 424 g/mol. The van der Waals surface area contributed by atoms with Crippen molar-refractivity contribution in [2.24, 2.45) is 0 Å². The van der Waals surface area contributed by atoms with Gasteiger partial charge in [-0.25, -0.2) is 8.42 Å². The summed E-state index contributed by atoms with van der Waals surface area (Å²) in [5, 5.41) is 1.36. The van der Waals surface area contributed by atoms with Crippen LogP contribution in [0.1, 0.15) is 30.1 Å². The van der Waals surface area contributed by atoms with Crippen LogP contribution >= 0.6 is 0 Å². The minimum atomic E-state index is -3.39. The lowest BCUT2D eigenvalue weighted by Gasteiger charge is -2.32. The largest absolute Gasteiger partial charge is 0.493 e. The number of rotatable bonds is 5. The molecule has 1 aliphatic rings. The van der Waals surface area contributed by atoms with E-state index in [0.29, 0.717) is 48.7 Å².